The molecular weight excluding hydrogens is 564 g/mol. The molecule has 0 amide bonds. The minimum absolute atomic E-state index is 0.00123. The summed E-state index contributed by atoms with van der Waals surface area (Å²) < 4.78 is 38.9. The summed E-state index contributed by atoms with van der Waals surface area (Å²) in [6, 6.07) is 7.54. The monoisotopic (exact) mass is 601 g/mol. The first-order chi connectivity index (χ1) is 19.8. The zero-order valence-electron chi connectivity index (χ0n) is 24.2. The largest absolute Gasteiger partial charge is 0.458 e. The molecule has 1 N–H and O–H groups in total. The molecule has 226 valence electrons. The summed E-state index contributed by atoms with van der Waals surface area (Å²) in [5.74, 6) is -2.54. The molecule has 4 aliphatic carbocycles. The number of hydrogen-bond acceptors (Lipinski definition) is 6. The number of Topliss-reactive ketones (excluding diaryl/α,β-unsaturated/α-hetero) is 1. The lowest BCUT2D eigenvalue weighted by Crippen LogP contribution is -2.69. The van der Waals surface area contributed by atoms with E-state index in [2.05, 4.69) is 4.90 Å². The first kappa shape index (κ1) is 29.6. The lowest BCUT2D eigenvalue weighted by molar-refractivity contribution is -0.212. The van der Waals surface area contributed by atoms with Crippen LogP contribution in [0.1, 0.15) is 52.0 Å². The van der Waals surface area contributed by atoms with Gasteiger partial charge in [0.05, 0.1) is 11.5 Å². The van der Waals surface area contributed by atoms with E-state index >= 15 is 8.78 Å². The Morgan fingerprint density at radius 3 is 2.69 bits per heavy atom. The van der Waals surface area contributed by atoms with Gasteiger partial charge < -0.3 is 9.84 Å². The maximum absolute atomic E-state index is 17.6. The highest BCUT2D eigenvalue weighted by Crippen LogP contribution is 2.74. The second kappa shape index (κ2) is 10.1. The molecule has 6 rings (SSSR count). The van der Waals surface area contributed by atoms with Gasteiger partial charge in [0.25, 0.3) is 0 Å². The lowest BCUT2D eigenvalue weighted by atomic mass is 9.43. The number of nitrogens with zero attached hydrogens (tertiary/aromatic N) is 1. The molecule has 5 aliphatic rings. The number of aliphatic hydroxyl groups excluding tert-OH is 1. The number of rotatable bonds is 6. The van der Waals surface area contributed by atoms with Crippen molar-refractivity contribution >= 4 is 29.1 Å². The van der Waals surface area contributed by atoms with Crippen molar-refractivity contribution in [2.24, 2.45) is 34.0 Å². The second-order valence-electron chi connectivity index (χ2n) is 13.5. The topological polar surface area (TPSA) is 83.9 Å². The van der Waals surface area contributed by atoms with Crippen molar-refractivity contribution in [1.29, 1.82) is 0 Å². The average molecular weight is 602 g/mol. The first-order valence-electron chi connectivity index (χ1n) is 14.9. The molecule has 4 fully saturated rings. The summed E-state index contributed by atoms with van der Waals surface area (Å²) in [6.45, 7) is 6.27. The molecule has 1 aromatic rings. The summed E-state index contributed by atoms with van der Waals surface area (Å²) in [4.78, 5) is 40.7. The zero-order chi connectivity index (χ0) is 30.2. The third-order valence-electron chi connectivity index (χ3n) is 11.7. The number of benzene rings is 1. The summed E-state index contributed by atoms with van der Waals surface area (Å²) in [5.41, 5.74) is -4.50. The summed E-state index contributed by atoms with van der Waals surface area (Å²) in [7, 11) is 0. The van der Waals surface area contributed by atoms with Crippen molar-refractivity contribution in [2.75, 3.05) is 19.7 Å². The van der Waals surface area contributed by atoms with Gasteiger partial charge >= 0.3 is 5.97 Å². The number of ketones is 2. The number of halogens is 3. The van der Waals surface area contributed by atoms with Crippen LogP contribution in [0.5, 0.6) is 0 Å². The lowest BCUT2D eigenvalue weighted by Gasteiger charge is -2.63. The molecule has 42 heavy (non-hydrogen) atoms. The highest BCUT2D eigenvalue weighted by Gasteiger charge is 2.78. The molecule has 1 heterocycles. The SMILES string of the molecule is CCC(=O)OCC(=O)[C@@]12CN(Cc3cccc(Cl)c3)C[C@@H]1CC1[C@@H]3C[C@H](F)C4=CC(=O)C=C[C@]4(C)[C@@]3(F)[C@@H](O)C[C@@]12C. The normalized spacial score (nSPS) is 42.3. The van der Waals surface area contributed by atoms with Crippen LogP contribution >= 0.6 is 11.6 Å². The average Bonchev–Trinajstić information content (AvgIpc) is 3.42. The molecule has 9 heteroatoms. The highest BCUT2D eigenvalue weighted by molar-refractivity contribution is 6.30. The Hall–Kier alpha value is -2.42. The number of carbonyl (C=O) groups excluding carboxylic acids is 3. The van der Waals surface area contributed by atoms with Crippen LogP contribution in [-0.4, -0.2) is 65.2 Å². The van der Waals surface area contributed by atoms with Gasteiger partial charge in [-0.3, -0.25) is 19.3 Å². The number of fused-ring (bicyclic) bond motifs is 7. The van der Waals surface area contributed by atoms with Crippen LogP contribution in [0.3, 0.4) is 0 Å². The van der Waals surface area contributed by atoms with E-state index in [9.17, 15) is 19.5 Å². The molecule has 1 saturated heterocycles. The molecule has 1 aromatic carbocycles. The van der Waals surface area contributed by atoms with E-state index < -0.39 is 52.0 Å². The molecule has 6 nitrogen and oxygen atoms in total. The zero-order valence-corrected chi connectivity index (χ0v) is 25.0. The molecule has 9 atom stereocenters. The van der Waals surface area contributed by atoms with E-state index in [1.54, 1.807) is 19.9 Å². The fourth-order valence-corrected chi connectivity index (χ4v) is 9.98. The van der Waals surface area contributed by atoms with Crippen molar-refractivity contribution in [3.63, 3.8) is 0 Å². The molecule has 0 aromatic heterocycles. The van der Waals surface area contributed by atoms with E-state index in [0.29, 0.717) is 31.1 Å². The molecule has 1 aliphatic heterocycles. The van der Waals surface area contributed by atoms with Gasteiger partial charge in [-0.2, -0.15) is 0 Å². The van der Waals surface area contributed by atoms with Crippen LogP contribution in [0, 0.1) is 34.0 Å². The number of hydrogen-bond donors (Lipinski definition) is 1. The van der Waals surface area contributed by atoms with Crippen LogP contribution < -0.4 is 0 Å². The van der Waals surface area contributed by atoms with E-state index in [1.807, 2.05) is 25.1 Å². The number of aliphatic hydroxyl groups is 1. The summed E-state index contributed by atoms with van der Waals surface area (Å²) in [5, 5.41) is 12.4. The standard InChI is InChI=1S/C33H38ClF2NO5/c1-4-29(41)42-17-28(40)32-18-37(15-19-6-5-7-21(34)10-19)16-20(32)11-23-24-13-26(35)25-12-22(38)8-9-30(25,2)33(24,36)27(39)14-31(23,32)3/h5-10,12,20,23-24,26-27,39H,4,11,13-18H2,1-3H3/t20-,23?,24-,26-,27-,30-,31-,32+,33-/m0/s1. The van der Waals surface area contributed by atoms with E-state index in [-0.39, 0.29) is 48.9 Å². The Bertz CT molecular complexity index is 1400. The van der Waals surface area contributed by atoms with Gasteiger partial charge in [0, 0.05) is 42.4 Å². The van der Waals surface area contributed by atoms with Crippen LogP contribution in [-0.2, 0) is 25.7 Å². The maximum Gasteiger partial charge on any atom is 0.305 e. The number of allylic oxidation sites excluding steroid dienone is 4. The van der Waals surface area contributed by atoms with Crippen LogP contribution in [0.15, 0.2) is 48.1 Å². The minimum Gasteiger partial charge on any atom is -0.458 e. The number of likely N-dealkylation sites (tertiary alicyclic amines) is 1. The molecule has 0 spiro atoms. The third-order valence-corrected chi connectivity index (χ3v) is 11.9. The van der Waals surface area contributed by atoms with Crippen molar-refractivity contribution in [1.82, 2.24) is 4.90 Å². The maximum atomic E-state index is 17.6. The third kappa shape index (κ3) is 3.97. The molecule has 0 radical (unpaired) electrons. The Kier molecular flexibility index (Phi) is 7.10. The fourth-order valence-electron chi connectivity index (χ4n) is 9.77. The van der Waals surface area contributed by atoms with Gasteiger partial charge in [0.2, 0.25) is 0 Å². The van der Waals surface area contributed by atoms with Gasteiger partial charge in [-0.05, 0) is 78.9 Å². The molecular formula is C33H38ClF2NO5. The molecule has 3 saturated carbocycles. The Balaban J connectivity index is 1.40. The van der Waals surface area contributed by atoms with Gasteiger partial charge in [0.15, 0.2) is 23.8 Å². The Morgan fingerprint density at radius 2 is 1.98 bits per heavy atom. The summed E-state index contributed by atoms with van der Waals surface area (Å²) >= 11 is 6.23. The van der Waals surface area contributed by atoms with Gasteiger partial charge in [0.1, 0.15) is 6.17 Å². The minimum atomic E-state index is -2.21. The number of esters is 1. The predicted molar refractivity (Wildman–Crippen MR) is 153 cm³/mol. The van der Waals surface area contributed by atoms with Gasteiger partial charge in [-0.1, -0.05) is 43.7 Å². The van der Waals surface area contributed by atoms with Crippen molar-refractivity contribution < 1.29 is 33.0 Å². The smallest absolute Gasteiger partial charge is 0.305 e. The first-order valence-corrected chi connectivity index (χ1v) is 15.3. The predicted octanol–water partition coefficient (Wildman–Crippen LogP) is 5.21. The van der Waals surface area contributed by atoms with Gasteiger partial charge in [-0.15, -0.1) is 0 Å². The van der Waals surface area contributed by atoms with Crippen LogP contribution in [0.25, 0.3) is 0 Å². The molecule has 1 unspecified atom stereocenters. The second-order valence-corrected chi connectivity index (χ2v) is 13.9. The quantitative estimate of drug-likeness (QED) is 0.451. The summed E-state index contributed by atoms with van der Waals surface area (Å²) in [6.07, 6.45) is 1.32. The van der Waals surface area contributed by atoms with Crippen LogP contribution in [0.2, 0.25) is 5.02 Å². The van der Waals surface area contributed by atoms with E-state index in [1.165, 1.54) is 18.2 Å². The number of ether oxygens (including phenoxy) is 1. The fraction of sp³-hybridized carbons (Fsp3) is 0.606. The Labute approximate surface area is 250 Å². The van der Waals surface area contributed by atoms with E-state index in [4.69, 9.17) is 16.3 Å². The molecule has 0 bridgehead atoms. The van der Waals surface area contributed by atoms with Crippen LogP contribution in [0.4, 0.5) is 8.78 Å². The Morgan fingerprint density at radius 1 is 1.21 bits per heavy atom. The highest BCUT2D eigenvalue weighted by atomic mass is 35.5. The number of alkyl halides is 2. The van der Waals surface area contributed by atoms with E-state index in [0.717, 1.165) is 5.56 Å². The number of carbonyl (C=O) groups is 3. The van der Waals surface area contributed by atoms with Crippen molar-refractivity contribution in [2.45, 2.75) is 70.9 Å². The van der Waals surface area contributed by atoms with Crippen molar-refractivity contribution in [3.05, 3.63) is 58.7 Å². The van der Waals surface area contributed by atoms with Crippen molar-refractivity contribution in [3.8, 4) is 0 Å². The van der Waals surface area contributed by atoms with Gasteiger partial charge in [-0.25, -0.2) is 8.78 Å².